The maximum atomic E-state index is 12.7. The quantitative estimate of drug-likeness (QED) is 0.816. The molecule has 1 aromatic heterocycles. The Bertz CT molecular complexity index is 619. The van der Waals surface area contributed by atoms with E-state index in [1.54, 1.807) is 11.3 Å². The van der Waals surface area contributed by atoms with E-state index in [1.165, 1.54) is 12.8 Å². The number of carbonyl (C=O) groups is 2. The van der Waals surface area contributed by atoms with E-state index in [-0.39, 0.29) is 11.8 Å². The maximum Gasteiger partial charge on any atom is 0.254 e. The summed E-state index contributed by atoms with van der Waals surface area (Å²) in [6.07, 6.45) is 6.55. The van der Waals surface area contributed by atoms with Crippen LogP contribution in [-0.4, -0.2) is 71.8 Å². The van der Waals surface area contributed by atoms with Crippen molar-refractivity contribution in [2.75, 3.05) is 39.3 Å². The lowest BCUT2D eigenvalue weighted by molar-refractivity contribution is -0.136. The van der Waals surface area contributed by atoms with Gasteiger partial charge in [0.15, 0.2) is 0 Å². The summed E-state index contributed by atoms with van der Waals surface area (Å²) in [6.45, 7) is 5.60. The highest BCUT2D eigenvalue weighted by atomic mass is 32.1. The number of carbonyl (C=O) groups excluding carboxylic acids is 2. The smallest absolute Gasteiger partial charge is 0.254 e. The Labute approximate surface area is 159 Å². The van der Waals surface area contributed by atoms with Crippen molar-refractivity contribution in [2.24, 2.45) is 5.92 Å². The standard InChI is InChI=1S/C20H29N3O2S/c24-19(21-8-1-2-9-21)16-4-3-10-23(14-16)18-5-11-22(12-6-18)20(25)17-7-13-26-15-17/h7,13,15-16,18H,1-6,8-12,14H2/t16-/m1/s1. The second kappa shape index (κ2) is 8.09. The minimum Gasteiger partial charge on any atom is -0.342 e. The highest BCUT2D eigenvalue weighted by Crippen LogP contribution is 2.26. The van der Waals surface area contributed by atoms with Gasteiger partial charge in [0, 0.05) is 44.1 Å². The molecule has 0 aliphatic carbocycles. The molecule has 3 fully saturated rings. The van der Waals surface area contributed by atoms with E-state index in [0.29, 0.717) is 11.9 Å². The maximum absolute atomic E-state index is 12.7. The van der Waals surface area contributed by atoms with Gasteiger partial charge in [-0.25, -0.2) is 0 Å². The number of hydrogen-bond donors (Lipinski definition) is 0. The first kappa shape index (κ1) is 18.0. The first-order valence-corrected chi connectivity index (χ1v) is 11.0. The predicted octanol–water partition coefficient (Wildman–Crippen LogP) is 2.69. The lowest BCUT2D eigenvalue weighted by Gasteiger charge is -2.42. The summed E-state index contributed by atoms with van der Waals surface area (Å²) in [5.41, 5.74) is 0.822. The summed E-state index contributed by atoms with van der Waals surface area (Å²) in [5, 5.41) is 3.90. The molecule has 0 saturated carbocycles. The third-order valence-electron chi connectivity index (χ3n) is 6.26. The number of nitrogens with zero attached hydrogens (tertiary/aromatic N) is 3. The third kappa shape index (κ3) is 3.81. The lowest BCUT2D eigenvalue weighted by Crippen LogP contribution is -2.51. The molecule has 3 aliphatic heterocycles. The van der Waals surface area contributed by atoms with Crippen molar-refractivity contribution in [1.29, 1.82) is 0 Å². The lowest BCUT2D eigenvalue weighted by atomic mass is 9.93. The average molecular weight is 376 g/mol. The summed E-state index contributed by atoms with van der Waals surface area (Å²) in [7, 11) is 0. The summed E-state index contributed by atoms with van der Waals surface area (Å²) >= 11 is 1.58. The van der Waals surface area contributed by atoms with Crippen LogP contribution in [0, 0.1) is 5.92 Å². The number of amides is 2. The van der Waals surface area contributed by atoms with Crippen LogP contribution in [-0.2, 0) is 4.79 Å². The van der Waals surface area contributed by atoms with Gasteiger partial charge in [-0.2, -0.15) is 11.3 Å². The van der Waals surface area contributed by atoms with E-state index in [0.717, 1.165) is 70.5 Å². The minimum atomic E-state index is 0.172. The van der Waals surface area contributed by atoms with E-state index < -0.39 is 0 Å². The van der Waals surface area contributed by atoms with Crippen molar-refractivity contribution < 1.29 is 9.59 Å². The Morgan fingerprint density at radius 2 is 1.69 bits per heavy atom. The summed E-state index contributed by atoms with van der Waals surface area (Å²) in [6, 6.07) is 2.44. The molecule has 0 bridgehead atoms. The zero-order valence-electron chi connectivity index (χ0n) is 15.4. The molecule has 6 heteroatoms. The fourth-order valence-corrected chi connectivity index (χ4v) is 5.37. The molecular formula is C20H29N3O2S. The van der Waals surface area contributed by atoms with Crippen LogP contribution >= 0.6 is 11.3 Å². The molecule has 0 unspecified atom stereocenters. The Balaban J connectivity index is 1.30. The molecule has 2 amide bonds. The molecule has 0 spiro atoms. The number of likely N-dealkylation sites (tertiary alicyclic amines) is 3. The van der Waals surface area contributed by atoms with Gasteiger partial charge in [-0.3, -0.25) is 14.5 Å². The molecular weight excluding hydrogens is 346 g/mol. The van der Waals surface area contributed by atoms with Crippen LogP contribution in [0.1, 0.15) is 48.9 Å². The van der Waals surface area contributed by atoms with Gasteiger partial charge >= 0.3 is 0 Å². The van der Waals surface area contributed by atoms with Crippen LogP contribution in [0.3, 0.4) is 0 Å². The van der Waals surface area contributed by atoms with Crippen LogP contribution in [0.15, 0.2) is 16.8 Å². The van der Waals surface area contributed by atoms with E-state index in [2.05, 4.69) is 9.80 Å². The highest BCUT2D eigenvalue weighted by molar-refractivity contribution is 7.08. The third-order valence-corrected chi connectivity index (χ3v) is 6.94. The van der Waals surface area contributed by atoms with E-state index in [4.69, 9.17) is 0 Å². The van der Waals surface area contributed by atoms with Crippen molar-refractivity contribution in [3.05, 3.63) is 22.4 Å². The number of thiophene rings is 1. The first-order chi connectivity index (χ1) is 12.7. The van der Waals surface area contributed by atoms with E-state index in [9.17, 15) is 9.59 Å². The highest BCUT2D eigenvalue weighted by Gasteiger charge is 2.34. The SMILES string of the molecule is O=C(c1ccsc1)N1CCC(N2CCC[C@@H](C(=O)N3CCCC3)C2)CC1. The predicted molar refractivity (Wildman–Crippen MR) is 103 cm³/mol. The fraction of sp³-hybridized carbons (Fsp3) is 0.700. The molecule has 142 valence electrons. The van der Waals surface area contributed by atoms with E-state index >= 15 is 0 Å². The molecule has 1 atom stereocenters. The second-order valence-corrected chi connectivity index (χ2v) is 8.68. The summed E-state index contributed by atoms with van der Waals surface area (Å²) < 4.78 is 0. The Morgan fingerprint density at radius 1 is 0.923 bits per heavy atom. The Morgan fingerprint density at radius 3 is 2.38 bits per heavy atom. The van der Waals surface area contributed by atoms with Crippen LogP contribution in [0.4, 0.5) is 0 Å². The zero-order chi connectivity index (χ0) is 17.9. The van der Waals surface area contributed by atoms with Gasteiger partial charge in [0.2, 0.25) is 5.91 Å². The van der Waals surface area contributed by atoms with Gasteiger partial charge < -0.3 is 9.80 Å². The van der Waals surface area contributed by atoms with Crippen LogP contribution in [0.5, 0.6) is 0 Å². The zero-order valence-corrected chi connectivity index (χ0v) is 16.3. The first-order valence-electron chi connectivity index (χ1n) is 10.1. The van der Waals surface area contributed by atoms with Crippen molar-refractivity contribution in [1.82, 2.24) is 14.7 Å². The van der Waals surface area contributed by atoms with Gasteiger partial charge in [-0.1, -0.05) is 0 Å². The van der Waals surface area contributed by atoms with Crippen molar-refractivity contribution in [3.63, 3.8) is 0 Å². The van der Waals surface area contributed by atoms with Crippen molar-refractivity contribution >= 4 is 23.2 Å². The summed E-state index contributed by atoms with van der Waals surface area (Å²) in [4.78, 5) is 31.9. The molecule has 1 aromatic rings. The molecule has 5 nitrogen and oxygen atoms in total. The number of hydrogen-bond acceptors (Lipinski definition) is 4. The van der Waals surface area contributed by atoms with Gasteiger partial charge in [0.05, 0.1) is 11.5 Å². The number of rotatable bonds is 3. The van der Waals surface area contributed by atoms with Crippen LogP contribution in [0.25, 0.3) is 0 Å². The molecule has 4 heterocycles. The fourth-order valence-electron chi connectivity index (χ4n) is 4.74. The molecule has 0 N–H and O–H groups in total. The molecule has 4 rings (SSSR count). The van der Waals surface area contributed by atoms with E-state index in [1.807, 2.05) is 21.7 Å². The summed E-state index contributed by atoms with van der Waals surface area (Å²) in [5.74, 6) is 0.745. The molecule has 3 saturated heterocycles. The van der Waals surface area contributed by atoms with Gasteiger partial charge in [-0.15, -0.1) is 0 Å². The van der Waals surface area contributed by atoms with Gasteiger partial charge in [-0.05, 0) is 56.5 Å². The van der Waals surface area contributed by atoms with Gasteiger partial charge in [0.1, 0.15) is 0 Å². The van der Waals surface area contributed by atoms with Crippen molar-refractivity contribution in [2.45, 2.75) is 44.6 Å². The largest absolute Gasteiger partial charge is 0.342 e. The molecule has 0 aromatic carbocycles. The Kier molecular flexibility index (Phi) is 5.60. The molecule has 26 heavy (non-hydrogen) atoms. The topological polar surface area (TPSA) is 43.9 Å². The molecule has 0 radical (unpaired) electrons. The monoisotopic (exact) mass is 375 g/mol. The van der Waals surface area contributed by atoms with Gasteiger partial charge in [0.25, 0.3) is 5.91 Å². The van der Waals surface area contributed by atoms with Crippen LogP contribution in [0.2, 0.25) is 0 Å². The average Bonchev–Trinajstić information content (AvgIpc) is 3.41. The van der Waals surface area contributed by atoms with Crippen molar-refractivity contribution in [3.8, 4) is 0 Å². The minimum absolute atomic E-state index is 0.172. The molecule has 3 aliphatic rings. The normalized spacial score (nSPS) is 25.6. The Hall–Kier alpha value is -1.40. The second-order valence-electron chi connectivity index (χ2n) is 7.90. The van der Waals surface area contributed by atoms with Crippen LogP contribution < -0.4 is 0 Å². The number of piperidine rings is 2.